The molecule has 0 bridgehead atoms. The van der Waals surface area contributed by atoms with Crippen LogP contribution in [-0.4, -0.2) is 22.9 Å². The van der Waals surface area contributed by atoms with Gasteiger partial charge >= 0.3 is 0 Å². The van der Waals surface area contributed by atoms with E-state index < -0.39 is 0 Å². The standard InChI is InChI=1S/C14H17N3O/c1-18-14(5-6-14)8-10-3-2-4-11(7-10)12-9-16-17-13(12)15/h2-4,7,9H,5-6,8H2,1H3,(H3,15,16,17). The molecule has 1 saturated carbocycles. The predicted molar refractivity (Wildman–Crippen MR) is 71.1 cm³/mol. The van der Waals surface area contributed by atoms with Gasteiger partial charge in [-0.3, -0.25) is 5.10 Å². The highest BCUT2D eigenvalue weighted by atomic mass is 16.5. The number of benzene rings is 1. The van der Waals surface area contributed by atoms with Gasteiger partial charge in [0.1, 0.15) is 5.82 Å². The van der Waals surface area contributed by atoms with Crippen molar-refractivity contribution in [2.75, 3.05) is 12.8 Å². The Hall–Kier alpha value is -1.81. The lowest BCUT2D eigenvalue weighted by atomic mass is 10.0. The van der Waals surface area contributed by atoms with E-state index in [9.17, 15) is 0 Å². The van der Waals surface area contributed by atoms with Gasteiger partial charge in [-0.1, -0.05) is 24.3 Å². The Kier molecular flexibility index (Phi) is 2.59. The molecule has 3 N–H and O–H groups in total. The fourth-order valence-electron chi connectivity index (χ4n) is 2.34. The number of aromatic amines is 1. The smallest absolute Gasteiger partial charge is 0.126 e. The van der Waals surface area contributed by atoms with E-state index >= 15 is 0 Å². The number of H-pyrrole nitrogens is 1. The van der Waals surface area contributed by atoms with E-state index in [1.54, 1.807) is 13.3 Å². The molecular formula is C14H17N3O. The van der Waals surface area contributed by atoms with Crippen molar-refractivity contribution in [3.8, 4) is 11.1 Å². The van der Waals surface area contributed by atoms with Crippen LogP contribution in [0.3, 0.4) is 0 Å². The number of hydrogen-bond acceptors (Lipinski definition) is 3. The van der Waals surface area contributed by atoms with Crippen LogP contribution in [0.4, 0.5) is 5.82 Å². The van der Waals surface area contributed by atoms with Crippen molar-refractivity contribution in [1.82, 2.24) is 10.2 Å². The lowest BCUT2D eigenvalue weighted by Crippen LogP contribution is -2.14. The number of ether oxygens (including phenoxy) is 1. The Balaban J connectivity index is 1.88. The summed E-state index contributed by atoms with van der Waals surface area (Å²) < 4.78 is 5.56. The van der Waals surface area contributed by atoms with Gasteiger partial charge in [0, 0.05) is 19.1 Å². The van der Waals surface area contributed by atoms with Crippen molar-refractivity contribution >= 4 is 5.82 Å². The molecule has 4 nitrogen and oxygen atoms in total. The van der Waals surface area contributed by atoms with E-state index in [1.165, 1.54) is 5.56 Å². The first-order chi connectivity index (χ1) is 8.72. The van der Waals surface area contributed by atoms with Crippen molar-refractivity contribution < 1.29 is 4.74 Å². The van der Waals surface area contributed by atoms with Gasteiger partial charge < -0.3 is 10.5 Å². The molecule has 4 heteroatoms. The predicted octanol–water partition coefficient (Wildman–Crippen LogP) is 2.38. The number of nitrogen functional groups attached to an aromatic ring is 1. The van der Waals surface area contributed by atoms with Crippen LogP contribution < -0.4 is 5.73 Å². The van der Waals surface area contributed by atoms with E-state index in [2.05, 4.69) is 34.5 Å². The van der Waals surface area contributed by atoms with Crippen molar-refractivity contribution in [2.24, 2.45) is 0 Å². The molecule has 1 aromatic carbocycles. The highest BCUT2D eigenvalue weighted by Gasteiger charge is 2.42. The van der Waals surface area contributed by atoms with Gasteiger partial charge in [0.05, 0.1) is 11.8 Å². The molecule has 0 amide bonds. The Bertz CT molecular complexity index is 558. The normalized spacial score (nSPS) is 16.7. The van der Waals surface area contributed by atoms with Crippen LogP contribution in [0.1, 0.15) is 18.4 Å². The Morgan fingerprint density at radius 3 is 2.89 bits per heavy atom. The van der Waals surface area contributed by atoms with Gasteiger partial charge in [0.25, 0.3) is 0 Å². The molecule has 1 aromatic heterocycles. The molecule has 3 rings (SSSR count). The van der Waals surface area contributed by atoms with Gasteiger partial charge in [-0.05, 0) is 24.0 Å². The molecule has 1 aliphatic rings. The third kappa shape index (κ3) is 1.99. The minimum Gasteiger partial charge on any atom is -0.384 e. The quantitative estimate of drug-likeness (QED) is 0.866. The second-order valence-corrected chi connectivity index (χ2v) is 4.96. The monoisotopic (exact) mass is 243 g/mol. The number of nitrogens with two attached hydrogens (primary N) is 1. The average molecular weight is 243 g/mol. The maximum absolute atomic E-state index is 5.85. The van der Waals surface area contributed by atoms with Crippen LogP contribution >= 0.6 is 0 Å². The fourth-order valence-corrected chi connectivity index (χ4v) is 2.34. The highest BCUT2D eigenvalue weighted by molar-refractivity contribution is 5.73. The first kappa shape index (κ1) is 11.3. The van der Waals surface area contributed by atoms with Crippen molar-refractivity contribution in [1.29, 1.82) is 0 Å². The largest absolute Gasteiger partial charge is 0.384 e. The molecule has 0 spiro atoms. The van der Waals surface area contributed by atoms with Crippen LogP contribution in [0.15, 0.2) is 30.5 Å². The maximum Gasteiger partial charge on any atom is 0.126 e. The van der Waals surface area contributed by atoms with Gasteiger partial charge in [0.2, 0.25) is 0 Å². The summed E-state index contributed by atoms with van der Waals surface area (Å²) in [4.78, 5) is 0. The summed E-state index contributed by atoms with van der Waals surface area (Å²) in [6.45, 7) is 0. The summed E-state index contributed by atoms with van der Waals surface area (Å²) in [5.41, 5.74) is 9.27. The number of nitrogens with zero attached hydrogens (tertiary/aromatic N) is 1. The van der Waals surface area contributed by atoms with Gasteiger partial charge in [-0.15, -0.1) is 0 Å². The summed E-state index contributed by atoms with van der Waals surface area (Å²) in [6.07, 6.45) is 5.04. The Morgan fingerprint density at radius 2 is 2.28 bits per heavy atom. The van der Waals surface area contributed by atoms with Gasteiger partial charge in [-0.25, -0.2) is 0 Å². The minimum absolute atomic E-state index is 0.0839. The third-order valence-corrected chi connectivity index (χ3v) is 3.67. The average Bonchev–Trinajstić information content (AvgIpc) is 3.02. The second kappa shape index (κ2) is 4.14. The number of rotatable bonds is 4. The molecule has 0 saturated heterocycles. The van der Waals surface area contributed by atoms with Crippen LogP contribution in [-0.2, 0) is 11.2 Å². The molecule has 18 heavy (non-hydrogen) atoms. The molecule has 0 atom stereocenters. The second-order valence-electron chi connectivity index (χ2n) is 4.96. The highest BCUT2D eigenvalue weighted by Crippen LogP contribution is 2.42. The van der Waals surface area contributed by atoms with E-state index in [1.807, 2.05) is 0 Å². The zero-order chi connectivity index (χ0) is 12.6. The topological polar surface area (TPSA) is 63.9 Å². The van der Waals surface area contributed by atoms with E-state index in [0.29, 0.717) is 5.82 Å². The summed E-state index contributed by atoms with van der Waals surface area (Å²) in [5.74, 6) is 0.611. The Labute approximate surface area is 106 Å². The number of methoxy groups -OCH3 is 1. The van der Waals surface area contributed by atoms with E-state index in [0.717, 1.165) is 30.4 Å². The Morgan fingerprint density at radius 1 is 1.44 bits per heavy atom. The molecule has 1 heterocycles. The molecule has 0 aliphatic heterocycles. The number of anilines is 1. The lowest BCUT2D eigenvalue weighted by molar-refractivity contribution is 0.0808. The fraction of sp³-hybridized carbons (Fsp3) is 0.357. The van der Waals surface area contributed by atoms with Crippen molar-refractivity contribution in [2.45, 2.75) is 24.9 Å². The maximum atomic E-state index is 5.85. The zero-order valence-electron chi connectivity index (χ0n) is 10.4. The molecule has 0 unspecified atom stereocenters. The van der Waals surface area contributed by atoms with Crippen molar-refractivity contribution in [3.05, 3.63) is 36.0 Å². The molecule has 2 aromatic rings. The van der Waals surface area contributed by atoms with Crippen LogP contribution in [0.5, 0.6) is 0 Å². The van der Waals surface area contributed by atoms with Gasteiger partial charge in [0.15, 0.2) is 0 Å². The summed E-state index contributed by atoms with van der Waals surface area (Å²) in [5, 5.41) is 6.72. The summed E-state index contributed by atoms with van der Waals surface area (Å²) in [6, 6.07) is 8.42. The SMILES string of the molecule is COC1(Cc2cccc(-c3cn[nH]c3N)c2)CC1. The third-order valence-electron chi connectivity index (χ3n) is 3.67. The van der Waals surface area contributed by atoms with Gasteiger partial charge in [-0.2, -0.15) is 5.10 Å². The first-order valence-corrected chi connectivity index (χ1v) is 6.16. The molecule has 1 fully saturated rings. The van der Waals surface area contributed by atoms with Crippen LogP contribution in [0, 0.1) is 0 Å². The van der Waals surface area contributed by atoms with E-state index in [-0.39, 0.29) is 5.60 Å². The lowest BCUT2D eigenvalue weighted by Gasteiger charge is -2.13. The summed E-state index contributed by atoms with van der Waals surface area (Å²) in [7, 11) is 1.80. The molecule has 94 valence electrons. The molecule has 1 aliphatic carbocycles. The van der Waals surface area contributed by atoms with Crippen LogP contribution in [0.2, 0.25) is 0 Å². The van der Waals surface area contributed by atoms with Crippen molar-refractivity contribution in [3.63, 3.8) is 0 Å². The number of nitrogens with one attached hydrogen (secondary N) is 1. The molecular weight excluding hydrogens is 226 g/mol. The summed E-state index contributed by atoms with van der Waals surface area (Å²) >= 11 is 0. The van der Waals surface area contributed by atoms with Crippen LogP contribution in [0.25, 0.3) is 11.1 Å². The first-order valence-electron chi connectivity index (χ1n) is 6.16. The minimum atomic E-state index is 0.0839. The number of hydrogen-bond donors (Lipinski definition) is 2. The number of aromatic nitrogens is 2. The zero-order valence-corrected chi connectivity index (χ0v) is 10.4. The molecule has 0 radical (unpaired) electrons. The van der Waals surface area contributed by atoms with E-state index in [4.69, 9.17) is 10.5 Å².